The molecule has 5 atom stereocenters. The highest BCUT2D eigenvalue weighted by atomic mass is 35.6. The van der Waals surface area contributed by atoms with Crippen LogP contribution in [0.5, 0.6) is 0 Å². The predicted octanol–water partition coefficient (Wildman–Crippen LogP) is 5.32. The summed E-state index contributed by atoms with van der Waals surface area (Å²) in [5.74, 6) is -4.32. The molecule has 0 aromatic heterocycles. The molecule has 0 amide bonds. The van der Waals surface area contributed by atoms with Crippen LogP contribution in [-0.4, -0.2) is 70.9 Å². The van der Waals surface area contributed by atoms with Crippen LogP contribution in [0.1, 0.15) is 38.0 Å². The van der Waals surface area contributed by atoms with Gasteiger partial charge in [-0.2, -0.15) is 0 Å². The van der Waals surface area contributed by atoms with Gasteiger partial charge >= 0.3 is 23.9 Å². The first-order valence-electron chi connectivity index (χ1n) is 13.3. The van der Waals surface area contributed by atoms with Crippen molar-refractivity contribution in [1.82, 2.24) is 0 Å². The van der Waals surface area contributed by atoms with Gasteiger partial charge in [0.25, 0.3) is 3.79 Å². The lowest BCUT2D eigenvalue weighted by Crippen LogP contribution is -2.63. The van der Waals surface area contributed by atoms with E-state index in [0.717, 1.165) is 6.92 Å². The van der Waals surface area contributed by atoms with E-state index in [9.17, 15) is 19.2 Å². The fraction of sp³-hybridized carbons (Fsp3) is 0.258. The van der Waals surface area contributed by atoms with Crippen LogP contribution in [0.2, 0.25) is 0 Å². The summed E-state index contributed by atoms with van der Waals surface area (Å²) in [4.78, 5) is 51.8. The minimum atomic E-state index is -2.38. The van der Waals surface area contributed by atoms with E-state index in [-0.39, 0.29) is 16.7 Å². The summed E-state index contributed by atoms with van der Waals surface area (Å²) in [6.07, 6.45) is -8.13. The second-order valence-electron chi connectivity index (χ2n) is 9.50. The zero-order chi connectivity index (χ0) is 32.6. The Bertz CT molecular complexity index is 1500. The Morgan fingerprint density at radius 2 is 1.07 bits per heavy atom. The zero-order valence-electron chi connectivity index (χ0n) is 23.5. The fourth-order valence-corrected chi connectivity index (χ4v) is 4.32. The summed E-state index contributed by atoms with van der Waals surface area (Å²) in [5.41, 5.74) is 0.333. The molecule has 1 aliphatic heterocycles. The Labute approximate surface area is 272 Å². The third kappa shape index (κ3) is 9.18. The van der Waals surface area contributed by atoms with Gasteiger partial charge in [0.05, 0.1) is 16.7 Å². The van der Waals surface area contributed by atoms with Crippen molar-refractivity contribution in [3.8, 4) is 0 Å². The summed E-state index contributed by atoms with van der Waals surface area (Å²) >= 11 is 17.6. The maximum Gasteiger partial charge on any atom is 0.338 e. The summed E-state index contributed by atoms with van der Waals surface area (Å²) in [6.45, 7) is 0.597. The minimum Gasteiger partial charge on any atom is -0.463 e. The molecule has 1 N–H and O–H groups in total. The van der Waals surface area contributed by atoms with Crippen LogP contribution in [0.4, 0.5) is 0 Å². The molecular weight excluding hydrogens is 653 g/mol. The van der Waals surface area contributed by atoms with Gasteiger partial charge in [0.2, 0.25) is 18.3 Å². The molecule has 236 valence electrons. The van der Waals surface area contributed by atoms with Gasteiger partial charge in [-0.1, -0.05) is 89.4 Å². The van der Waals surface area contributed by atoms with Crippen LogP contribution in [0, 0.1) is 5.41 Å². The van der Waals surface area contributed by atoms with E-state index in [0.29, 0.717) is 0 Å². The molecule has 0 unspecified atom stereocenters. The lowest BCUT2D eigenvalue weighted by Gasteiger charge is -2.44. The number of carbonyl (C=O) groups excluding carboxylic acids is 4. The largest absolute Gasteiger partial charge is 0.463 e. The van der Waals surface area contributed by atoms with E-state index in [4.69, 9.17) is 68.6 Å². The second kappa shape index (κ2) is 15.2. The van der Waals surface area contributed by atoms with Crippen LogP contribution in [0.25, 0.3) is 0 Å². The Balaban J connectivity index is 1.80. The molecule has 0 radical (unpaired) electrons. The van der Waals surface area contributed by atoms with Gasteiger partial charge in [0.15, 0.2) is 12.2 Å². The van der Waals surface area contributed by atoms with Crippen molar-refractivity contribution in [2.24, 2.45) is 0 Å². The van der Waals surface area contributed by atoms with Crippen molar-refractivity contribution in [1.29, 1.82) is 5.41 Å². The highest BCUT2D eigenvalue weighted by Crippen LogP contribution is 2.34. The van der Waals surface area contributed by atoms with Crippen LogP contribution in [0.3, 0.4) is 0 Å². The summed E-state index contributed by atoms with van der Waals surface area (Å²) < 4.78 is 31.6. The number of esters is 4. The maximum atomic E-state index is 13.4. The predicted molar refractivity (Wildman–Crippen MR) is 161 cm³/mol. The zero-order valence-corrected chi connectivity index (χ0v) is 25.7. The molecule has 0 saturated carbocycles. The lowest BCUT2D eigenvalue weighted by atomic mass is 9.97. The van der Waals surface area contributed by atoms with E-state index in [1.807, 2.05) is 0 Å². The highest BCUT2D eigenvalue weighted by Gasteiger charge is 2.55. The molecule has 0 spiro atoms. The van der Waals surface area contributed by atoms with Crippen LogP contribution in [-0.2, 0) is 33.2 Å². The van der Waals surface area contributed by atoms with Crippen molar-refractivity contribution in [3.63, 3.8) is 0 Å². The van der Waals surface area contributed by atoms with E-state index in [1.165, 1.54) is 36.4 Å². The Kier molecular flexibility index (Phi) is 11.4. The molecule has 3 aromatic carbocycles. The Morgan fingerprint density at radius 3 is 1.47 bits per heavy atom. The first-order chi connectivity index (χ1) is 21.4. The molecular formula is C31H26Cl3NO10. The molecule has 0 bridgehead atoms. The van der Waals surface area contributed by atoms with Gasteiger partial charge in [-0.15, -0.1) is 0 Å². The van der Waals surface area contributed by atoms with Gasteiger partial charge in [-0.25, -0.2) is 14.4 Å². The quantitative estimate of drug-likeness (QED) is 0.104. The first kappa shape index (κ1) is 33.7. The van der Waals surface area contributed by atoms with Crippen molar-refractivity contribution in [2.45, 2.75) is 41.4 Å². The van der Waals surface area contributed by atoms with Crippen molar-refractivity contribution >= 4 is 64.6 Å². The van der Waals surface area contributed by atoms with Gasteiger partial charge in [-0.3, -0.25) is 10.2 Å². The van der Waals surface area contributed by atoms with Crippen LogP contribution < -0.4 is 0 Å². The number of alkyl halides is 3. The maximum absolute atomic E-state index is 13.4. The lowest BCUT2D eigenvalue weighted by molar-refractivity contribution is -0.280. The smallest absolute Gasteiger partial charge is 0.338 e. The van der Waals surface area contributed by atoms with Crippen molar-refractivity contribution in [3.05, 3.63) is 108 Å². The molecule has 1 heterocycles. The third-order valence-electron chi connectivity index (χ3n) is 6.29. The monoisotopic (exact) mass is 677 g/mol. The first-order valence-corrected chi connectivity index (χ1v) is 14.5. The van der Waals surface area contributed by atoms with E-state index in [1.54, 1.807) is 54.6 Å². The molecule has 4 rings (SSSR count). The van der Waals surface area contributed by atoms with Crippen molar-refractivity contribution < 1.29 is 47.6 Å². The number of nitrogens with one attached hydrogen (secondary N) is 1. The average molecular weight is 679 g/mol. The minimum absolute atomic E-state index is 0.0979. The third-order valence-corrected chi connectivity index (χ3v) is 6.81. The fourth-order valence-electron chi connectivity index (χ4n) is 4.19. The van der Waals surface area contributed by atoms with Gasteiger partial charge < -0.3 is 28.4 Å². The number of carbonyl (C=O) groups is 4. The van der Waals surface area contributed by atoms with E-state index >= 15 is 0 Å². The van der Waals surface area contributed by atoms with E-state index < -0.39 is 70.9 Å². The van der Waals surface area contributed by atoms with Crippen LogP contribution in [0.15, 0.2) is 91.0 Å². The normalized spacial score (nSPS) is 21.1. The van der Waals surface area contributed by atoms with Crippen molar-refractivity contribution in [2.75, 3.05) is 6.61 Å². The molecule has 1 saturated heterocycles. The number of hydrogen-bond donors (Lipinski definition) is 1. The Hall–Kier alpha value is -4.16. The summed E-state index contributed by atoms with van der Waals surface area (Å²) in [6, 6.07) is 23.5. The average Bonchev–Trinajstić information content (AvgIpc) is 3.03. The number of ether oxygens (including phenoxy) is 6. The number of halogens is 3. The molecule has 11 nitrogen and oxygen atoms in total. The van der Waals surface area contributed by atoms with Gasteiger partial charge in [0.1, 0.15) is 12.7 Å². The standard InChI is InChI=1S/C31H26Cl3NO10/c1-18(36)40-17-22-23(42-26(37)19-11-5-2-6-12-19)24(43-27(38)20-13-7-3-8-14-20)25(29(41-22)45-30(35)31(32,33)34)44-28(39)21-15-9-4-10-16-21/h2-16,22-25,29,35H,17H2,1H3/t22-,23-,24+,25-,29-/m1/s1. The summed E-state index contributed by atoms with van der Waals surface area (Å²) in [5, 5.41) is 8.15. The van der Waals surface area contributed by atoms with E-state index in [2.05, 4.69) is 0 Å². The van der Waals surface area contributed by atoms with Gasteiger partial charge in [-0.05, 0) is 36.4 Å². The number of hydrogen-bond acceptors (Lipinski definition) is 11. The van der Waals surface area contributed by atoms with Gasteiger partial charge in [0, 0.05) is 6.92 Å². The Morgan fingerprint density at radius 1 is 0.667 bits per heavy atom. The topological polar surface area (TPSA) is 148 Å². The highest BCUT2D eigenvalue weighted by molar-refractivity contribution is 6.76. The number of rotatable bonds is 9. The molecule has 0 aliphatic carbocycles. The molecule has 1 aliphatic rings. The van der Waals surface area contributed by atoms with Crippen LogP contribution >= 0.6 is 34.8 Å². The molecule has 45 heavy (non-hydrogen) atoms. The summed E-state index contributed by atoms with van der Waals surface area (Å²) in [7, 11) is 0. The molecule has 3 aromatic rings. The molecule has 1 fully saturated rings. The number of benzene rings is 3. The SMILES string of the molecule is CC(=O)OC[C@H]1O[C@H](OC(=N)C(Cl)(Cl)Cl)[C@H](OC(=O)c2ccccc2)[C@@H](OC(=O)c2ccccc2)[C@@H]1OC(=O)c1ccccc1. The molecule has 14 heteroatoms. The second-order valence-corrected chi connectivity index (χ2v) is 11.8.